The summed E-state index contributed by atoms with van der Waals surface area (Å²) in [6.45, 7) is 5.81. The first-order chi connectivity index (χ1) is 12.9. The normalized spacial score (nSPS) is 11.1. The quantitative estimate of drug-likeness (QED) is 0.671. The van der Waals surface area contributed by atoms with Crippen LogP contribution in [0.1, 0.15) is 22.5 Å². The molecular formula is C22H22N2O3. The van der Waals surface area contributed by atoms with Crippen molar-refractivity contribution in [3.8, 4) is 0 Å². The third kappa shape index (κ3) is 4.64. The van der Waals surface area contributed by atoms with Crippen LogP contribution in [0.3, 0.4) is 0 Å². The number of aryl methyl sites for hydroxylation is 3. The van der Waals surface area contributed by atoms with E-state index in [0.29, 0.717) is 5.76 Å². The lowest BCUT2D eigenvalue weighted by Gasteiger charge is -2.12. The summed E-state index contributed by atoms with van der Waals surface area (Å²) in [5, 5.41) is 6.41. The molecule has 2 amide bonds. The van der Waals surface area contributed by atoms with Gasteiger partial charge in [0.05, 0.1) is 6.54 Å². The zero-order chi connectivity index (χ0) is 19.4. The first-order valence-electron chi connectivity index (χ1n) is 8.74. The van der Waals surface area contributed by atoms with Crippen LogP contribution in [0.15, 0.2) is 53.0 Å². The number of carbonyl (C=O) groups excluding carboxylic acids is 2. The molecule has 0 aliphatic carbocycles. The molecule has 0 aliphatic heterocycles. The number of furan rings is 1. The third-order valence-electron chi connectivity index (χ3n) is 4.21. The Bertz CT molecular complexity index is 975. The summed E-state index contributed by atoms with van der Waals surface area (Å²) < 4.78 is 5.61. The predicted octanol–water partition coefficient (Wildman–Crippen LogP) is 4.13. The number of rotatable bonds is 5. The van der Waals surface area contributed by atoms with Crippen molar-refractivity contribution in [2.75, 3.05) is 11.9 Å². The van der Waals surface area contributed by atoms with E-state index in [2.05, 4.69) is 10.6 Å². The monoisotopic (exact) mass is 362 g/mol. The van der Waals surface area contributed by atoms with Gasteiger partial charge >= 0.3 is 0 Å². The van der Waals surface area contributed by atoms with Crippen molar-refractivity contribution >= 4 is 34.5 Å². The molecule has 2 aromatic carbocycles. The molecule has 27 heavy (non-hydrogen) atoms. The lowest BCUT2D eigenvalue weighted by molar-refractivity contribution is -0.121. The van der Waals surface area contributed by atoms with E-state index in [1.54, 1.807) is 6.08 Å². The maximum atomic E-state index is 12.1. The van der Waals surface area contributed by atoms with Gasteiger partial charge in [-0.3, -0.25) is 9.59 Å². The standard InChI is InChI=1S/C22H22N2O3/c1-14-10-15(2)22(16(3)11-14)24-21(26)13-23-20(25)9-8-18-12-17-6-4-5-7-19(17)27-18/h4-12H,13H2,1-3H3,(H,23,25)(H,24,26)/b9-8+. The Morgan fingerprint density at radius 1 is 1.04 bits per heavy atom. The first-order valence-corrected chi connectivity index (χ1v) is 8.74. The largest absolute Gasteiger partial charge is 0.457 e. The van der Waals surface area contributed by atoms with E-state index < -0.39 is 0 Å². The topological polar surface area (TPSA) is 71.3 Å². The van der Waals surface area contributed by atoms with E-state index in [4.69, 9.17) is 4.42 Å². The molecule has 0 saturated carbocycles. The van der Waals surface area contributed by atoms with Crippen molar-refractivity contribution in [3.63, 3.8) is 0 Å². The average molecular weight is 362 g/mol. The average Bonchev–Trinajstić information content (AvgIpc) is 3.04. The second-order valence-electron chi connectivity index (χ2n) is 6.56. The Hall–Kier alpha value is -3.34. The molecule has 5 heteroatoms. The number of hydrogen-bond acceptors (Lipinski definition) is 3. The van der Waals surface area contributed by atoms with Crippen molar-refractivity contribution in [2.24, 2.45) is 0 Å². The molecule has 2 N–H and O–H groups in total. The molecule has 5 nitrogen and oxygen atoms in total. The Balaban J connectivity index is 1.55. The fraction of sp³-hybridized carbons (Fsp3) is 0.182. The molecule has 0 atom stereocenters. The van der Waals surface area contributed by atoms with Crippen LogP contribution in [0.2, 0.25) is 0 Å². The molecule has 1 aromatic heterocycles. The summed E-state index contributed by atoms with van der Waals surface area (Å²) in [7, 11) is 0. The van der Waals surface area contributed by atoms with Crippen LogP contribution >= 0.6 is 0 Å². The van der Waals surface area contributed by atoms with Gasteiger partial charge in [-0.05, 0) is 50.1 Å². The molecule has 1 heterocycles. The van der Waals surface area contributed by atoms with Gasteiger partial charge in [0.1, 0.15) is 11.3 Å². The molecule has 0 unspecified atom stereocenters. The highest BCUT2D eigenvalue weighted by Crippen LogP contribution is 2.22. The van der Waals surface area contributed by atoms with Gasteiger partial charge in [-0.1, -0.05) is 35.9 Å². The lowest BCUT2D eigenvalue weighted by atomic mass is 10.1. The van der Waals surface area contributed by atoms with Gasteiger partial charge in [0.2, 0.25) is 11.8 Å². The number of fused-ring (bicyclic) bond motifs is 1. The SMILES string of the molecule is Cc1cc(C)c(NC(=O)CNC(=O)/C=C/c2cc3ccccc3o2)c(C)c1. The van der Waals surface area contributed by atoms with Crippen LogP contribution in [-0.4, -0.2) is 18.4 Å². The van der Waals surface area contributed by atoms with E-state index in [9.17, 15) is 9.59 Å². The van der Waals surface area contributed by atoms with E-state index in [1.165, 1.54) is 6.08 Å². The molecule has 0 spiro atoms. The number of nitrogens with one attached hydrogen (secondary N) is 2. The van der Waals surface area contributed by atoms with Gasteiger partial charge in [-0.15, -0.1) is 0 Å². The zero-order valence-corrected chi connectivity index (χ0v) is 15.6. The van der Waals surface area contributed by atoms with Crippen molar-refractivity contribution in [1.29, 1.82) is 0 Å². The second kappa shape index (κ2) is 7.91. The van der Waals surface area contributed by atoms with E-state index in [-0.39, 0.29) is 18.4 Å². The summed E-state index contributed by atoms with van der Waals surface area (Å²) in [6.07, 6.45) is 2.94. The highest BCUT2D eigenvalue weighted by Gasteiger charge is 2.09. The number of carbonyl (C=O) groups is 2. The highest BCUT2D eigenvalue weighted by molar-refractivity contribution is 5.98. The number of para-hydroxylation sites is 1. The van der Waals surface area contributed by atoms with Crippen molar-refractivity contribution in [1.82, 2.24) is 5.32 Å². The molecule has 0 radical (unpaired) electrons. The van der Waals surface area contributed by atoms with Crippen LogP contribution in [0.25, 0.3) is 17.0 Å². The molecule has 0 aliphatic rings. The molecule has 3 rings (SSSR count). The molecule has 138 valence electrons. The first kappa shape index (κ1) is 18.5. The van der Waals surface area contributed by atoms with Crippen molar-refractivity contribution in [2.45, 2.75) is 20.8 Å². The fourth-order valence-electron chi connectivity index (χ4n) is 3.03. The van der Waals surface area contributed by atoms with Gasteiger partial charge in [-0.25, -0.2) is 0 Å². The molecule has 0 bridgehead atoms. The molecule has 0 fully saturated rings. The molecule has 0 saturated heterocycles. The fourth-order valence-corrected chi connectivity index (χ4v) is 3.03. The summed E-state index contributed by atoms with van der Waals surface area (Å²) in [4.78, 5) is 24.1. The summed E-state index contributed by atoms with van der Waals surface area (Å²) in [5.41, 5.74) is 4.69. The molecular weight excluding hydrogens is 340 g/mol. The Morgan fingerprint density at radius 3 is 2.44 bits per heavy atom. The minimum absolute atomic E-state index is 0.101. The Morgan fingerprint density at radius 2 is 1.74 bits per heavy atom. The Labute approximate surface area is 158 Å². The maximum Gasteiger partial charge on any atom is 0.244 e. The Kier molecular flexibility index (Phi) is 5.41. The minimum Gasteiger partial charge on any atom is -0.457 e. The number of hydrogen-bond donors (Lipinski definition) is 2. The van der Waals surface area contributed by atoms with Crippen molar-refractivity contribution < 1.29 is 14.0 Å². The van der Waals surface area contributed by atoms with Crippen LogP contribution in [-0.2, 0) is 9.59 Å². The summed E-state index contributed by atoms with van der Waals surface area (Å²) in [5.74, 6) is -0.0415. The third-order valence-corrected chi connectivity index (χ3v) is 4.21. The highest BCUT2D eigenvalue weighted by atomic mass is 16.3. The smallest absolute Gasteiger partial charge is 0.244 e. The van der Waals surface area contributed by atoms with Crippen LogP contribution in [0.5, 0.6) is 0 Å². The maximum absolute atomic E-state index is 12.1. The van der Waals surface area contributed by atoms with Gasteiger partial charge in [0, 0.05) is 17.1 Å². The van der Waals surface area contributed by atoms with Gasteiger partial charge in [0.15, 0.2) is 0 Å². The van der Waals surface area contributed by atoms with E-state index >= 15 is 0 Å². The van der Waals surface area contributed by atoms with Crippen LogP contribution in [0.4, 0.5) is 5.69 Å². The summed E-state index contributed by atoms with van der Waals surface area (Å²) in [6, 6.07) is 13.5. The van der Waals surface area contributed by atoms with Gasteiger partial charge in [-0.2, -0.15) is 0 Å². The summed E-state index contributed by atoms with van der Waals surface area (Å²) >= 11 is 0. The van der Waals surface area contributed by atoms with Gasteiger partial charge < -0.3 is 15.1 Å². The molecule has 3 aromatic rings. The number of benzene rings is 2. The lowest BCUT2D eigenvalue weighted by Crippen LogP contribution is -2.32. The number of amides is 2. The van der Waals surface area contributed by atoms with E-state index in [0.717, 1.165) is 33.3 Å². The van der Waals surface area contributed by atoms with E-state index in [1.807, 2.05) is 63.2 Å². The minimum atomic E-state index is -0.358. The number of anilines is 1. The van der Waals surface area contributed by atoms with Crippen LogP contribution < -0.4 is 10.6 Å². The van der Waals surface area contributed by atoms with Crippen LogP contribution in [0, 0.1) is 20.8 Å². The van der Waals surface area contributed by atoms with Gasteiger partial charge in [0.25, 0.3) is 0 Å². The van der Waals surface area contributed by atoms with Crippen molar-refractivity contribution in [3.05, 3.63) is 71.0 Å². The predicted molar refractivity (Wildman–Crippen MR) is 108 cm³/mol. The second-order valence-corrected chi connectivity index (χ2v) is 6.56. The zero-order valence-electron chi connectivity index (χ0n) is 15.6.